The molecule has 1 N–H and O–H groups in total. The summed E-state index contributed by atoms with van der Waals surface area (Å²) in [6.07, 6.45) is 3.19. The molecule has 150 valence electrons. The van der Waals surface area contributed by atoms with Gasteiger partial charge in [-0.1, -0.05) is 6.07 Å². The van der Waals surface area contributed by atoms with Crippen LogP contribution in [0.1, 0.15) is 45.1 Å². The monoisotopic (exact) mass is 393 g/mol. The number of nitrogens with zero attached hydrogens (tertiary/aromatic N) is 4. The topological polar surface area (TPSA) is 91.2 Å². The van der Waals surface area contributed by atoms with Gasteiger partial charge in [0, 0.05) is 0 Å². The first-order valence-electron chi connectivity index (χ1n) is 9.42. The molecule has 1 aromatic heterocycles. The lowest BCUT2D eigenvalue weighted by Gasteiger charge is -2.18. The van der Waals surface area contributed by atoms with Crippen LogP contribution in [0.2, 0.25) is 0 Å². The van der Waals surface area contributed by atoms with Crippen LogP contribution in [0.25, 0.3) is 5.69 Å². The lowest BCUT2D eigenvalue weighted by atomic mass is 10.0. The van der Waals surface area contributed by atoms with Gasteiger partial charge in [0.2, 0.25) is 0 Å². The fourth-order valence-electron chi connectivity index (χ4n) is 3.86. The third kappa shape index (κ3) is 3.30. The van der Waals surface area contributed by atoms with Crippen LogP contribution in [-0.4, -0.2) is 40.3 Å². The summed E-state index contributed by atoms with van der Waals surface area (Å²) in [6, 6.07) is 7.60. The molecule has 4 rings (SSSR count). The number of benzene rings is 2. The van der Waals surface area contributed by atoms with Gasteiger partial charge in [-0.25, -0.2) is 0 Å². The molecule has 1 heterocycles. The number of nitrogens with one attached hydrogen (secondary N) is 1. The third-order valence-electron chi connectivity index (χ3n) is 5.55. The first-order valence-corrected chi connectivity index (χ1v) is 9.42. The second-order valence-corrected chi connectivity index (χ2v) is 7.13. The Bertz CT molecular complexity index is 1060. The molecular formula is C21H23N5O3. The van der Waals surface area contributed by atoms with Crippen molar-refractivity contribution >= 4 is 5.91 Å². The molecule has 0 unspecified atom stereocenters. The highest BCUT2D eigenvalue weighted by atomic mass is 16.5. The SMILES string of the molecule is COc1cc2c(cc1OC)[C@H](NC(=O)c1ccc(C)c(C)c1-n1cnnn1)CC2. The molecule has 0 spiro atoms. The van der Waals surface area contributed by atoms with Crippen molar-refractivity contribution in [3.8, 4) is 17.2 Å². The van der Waals surface area contributed by atoms with E-state index in [0.29, 0.717) is 22.7 Å². The summed E-state index contributed by atoms with van der Waals surface area (Å²) >= 11 is 0. The number of hydrogen-bond acceptors (Lipinski definition) is 6. The van der Waals surface area contributed by atoms with Crippen molar-refractivity contribution in [1.29, 1.82) is 0 Å². The van der Waals surface area contributed by atoms with E-state index < -0.39 is 0 Å². The molecule has 2 aromatic carbocycles. The van der Waals surface area contributed by atoms with Crippen LogP contribution in [0.5, 0.6) is 11.5 Å². The number of aryl methyl sites for hydroxylation is 2. The second kappa shape index (κ2) is 7.54. The summed E-state index contributed by atoms with van der Waals surface area (Å²) in [5.41, 5.74) is 5.48. The van der Waals surface area contributed by atoms with Crippen molar-refractivity contribution in [3.05, 3.63) is 58.4 Å². The van der Waals surface area contributed by atoms with Crippen molar-refractivity contribution < 1.29 is 14.3 Å². The number of hydrogen-bond donors (Lipinski definition) is 1. The summed E-state index contributed by atoms with van der Waals surface area (Å²) < 4.78 is 12.4. The number of fused-ring (bicyclic) bond motifs is 1. The zero-order chi connectivity index (χ0) is 20.5. The summed E-state index contributed by atoms with van der Waals surface area (Å²) in [4.78, 5) is 13.2. The molecule has 0 fully saturated rings. The first-order chi connectivity index (χ1) is 14.0. The van der Waals surface area contributed by atoms with Gasteiger partial charge in [-0.3, -0.25) is 4.79 Å². The van der Waals surface area contributed by atoms with Gasteiger partial charge in [0.05, 0.1) is 31.5 Å². The number of methoxy groups -OCH3 is 2. The molecule has 0 radical (unpaired) electrons. The van der Waals surface area contributed by atoms with Gasteiger partial charge < -0.3 is 14.8 Å². The zero-order valence-corrected chi connectivity index (χ0v) is 16.9. The van der Waals surface area contributed by atoms with Crippen molar-refractivity contribution in [2.45, 2.75) is 32.7 Å². The van der Waals surface area contributed by atoms with Gasteiger partial charge >= 0.3 is 0 Å². The average Bonchev–Trinajstić information content (AvgIpc) is 3.39. The van der Waals surface area contributed by atoms with Crippen LogP contribution in [0.15, 0.2) is 30.6 Å². The molecule has 1 aliphatic rings. The van der Waals surface area contributed by atoms with Gasteiger partial charge in [-0.2, -0.15) is 4.68 Å². The Morgan fingerprint density at radius 1 is 1.17 bits per heavy atom. The van der Waals surface area contributed by atoms with Gasteiger partial charge in [0.15, 0.2) is 11.5 Å². The van der Waals surface area contributed by atoms with Gasteiger partial charge in [-0.15, -0.1) is 5.10 Å². The lowest BCUT2D eigenvalue weighted by molar-refractivity contribution is 0.0936. The molecule has 8 nitrogen and oxygen atoms in total. The van der Waals surface area contributed by atoms with E-state index in [1.165, 1.54) is 11.0 Å². The van der Waals surface area contributed by atoms with Crippen molar-refractivity contribution in [1.82, 2.24) is 25.5 Å². The van der Waals surface area contributed by atoms with Crippen LogP contribution < -0.4 is 14.8 Å². The van der Waals surface area contributed by atoms with Crippen LogP contribution in [0, 0.1) is 13.8 Å². The number of carbonyl (C=O) groups excluding carboxylic acids is 1. The Balaban J connectivity index is 1.67. The molecule has 29 heavy (non-hydrogen) atoms. The highest BCUT2D eigenvalue weighted by molar-refractivity contribution is 5.98. The number of tetrazole rings is 1. The predicted octanol–water partition coefficient (Wildman–Crippen LogP) is 2.71. The summed E-state index contributed by atoms with van der Waals surface area (Å²) in [5.74, 6) is 1.20. The third-order valence-corrected chi connectivity index (χ3v) is 5.55. The Hall–Kier alpha value is -3.42. The molecular weight excluding hydrogens is 370 g/mol. The van der Waals surface area contributed by atoms with Crippen LogP contribution in [0.3, 0.4) is 0 Å². The Labute approximate surface area is 168 Å². The van der Waals surface area contributed by atoms with E-state index >= 15 is 0 Å². The van der Waals surface area contributed by atoms with E-state index in [-0.39, 0.29) is 11.9 Å². The maximum Gasteiger partial charge on any atom is 0.253 e. The molecule has 0 saturated heterocycles. The minimum Gasteiger partial charge on any atom is -0.493 e. The summed E-state index contributed by atoms with van der Waals surface area (Å²) in [5, 5.41) is 14.6. The lowest BCUT2D eigenvalue weighted by Crippen LogP contribution is -2.28. The molecule has 1 aliphatic carbocycles. The normalized spacial score (nSPS) is 15.1. The Kier molecular flexibility index (Phi) is 4.92. The molecule has 1 atom stereocenters. The summed E-state index contributed by atoms with van der Waals surface area (Å²) in [7, 11) is 3.24. The van der Waals surface area contributed by atoms with Crippen molar-refractivity contribution in [2.24, 2.45) is 0 Å². The molecule has 1 amide bonds. The molecule has 0 bridgehead atoms. The van der Waals surface area contributed by atoms with E-state index in [1.54, 1.807) is 14.2 Å². The quantitative estimate of drug-likeness (QED) is 0.717. The van der Waals surface area contributed by atoms with Gasteiger partial charge in [0.25, 0.3) is 5.91 Å². The van der Waals surface area contributed by atoms with Gasteiger partial charge in [0.1, 0.15) is 6.33 Å². The van der Waals surface area contributed by atoms with Crippen LogP contribution in [0.4, 0.5) is 0 Å². The highest BCUT2D eigenvalue weighted by Gasteiger charge is 2.28. The van der Waals surface area contributed by atoms with Crippen LogP contribution in [-0.2, 0) is 6.42 Å². The second-order valence-electron chi connectivity index (χ2n) is 7.13. The fraction of sp³-hybridized carbons (Fsp3) is 0.333. The van der Waals surface area contributed by atoms with Crippen LogP contribution >= 0.6 is 0 Å². The standard InChI is InChI=1S/C21H23N5O3/c1-12-5-7-15(20(13(12)2)26-11-22-24-25-26)21(27)23-17-8-6-14-9-18(28-3)19(29-4)10-16(14)17/h5,7,9-11,17H,6,8H2,1-4H3,(H,23,27)/t17-/m1/s1. The Morgan fingerprint density at radius 2 is 1.93 bits per heavy atom. The maximum absolute atomic E-state index is 13.2. The summed E-state index contributed by atoms with van der Waals surface area (Å²) in [6.45, 7) is 3.96. The largest absolute Gasteiger partial charge is 0.493 e. The number of amides is 1. The Morgan fingerprint density at radius 3 is 2.62 bits per heavy atom. The number of aromatic nitrogens is 4. The molecule has 0 saturated carbocycles. The van der Waals surface area contributed by atoms with Crippen molar-refractivity contribution in [3.63, 3.8) is 0 Å². The molecule has 0 aliphatic heterocycles. The van der Waals surface area contributed by atoms with Gasteiger partial charge in [-0.05, 0) is 77.6 Å². The van der Waals surface area contributed by atoms with E-state index in [9.17, 15) is 4.79 Å². The number of carbonyl (C=O) groups is 1. The smallest absolute Gasteiger partial charge is 0.253 e. The highest BCUT2D eigenvalue weighted by Crippen LogP contribution is 2.39. The fourth-order valence-corrected chi connectivity index (χ4v) is 3.86. The van der Waals surface area contributed by atoms with Crippen molar-refractivity contribution in [2.75, 3.05) is 14.2 Å². The number of ether oxygens (including phenoxy) is 2. The molecule has 8 heteroatoms. The van der Waals surface area contributed by atoms with E-state index in [0.717, 1.165) is 35.1 Å². The average molecular weight is 393 g/mol. The molecule has 3 aromatic rings. The first kappa shape index (κ1) is 18.9. The minimum atomic E-state index is -0.161. The van der Waals surface area contributed by atoms with E-state index in [2.05, 4.69) is 20.8 Å². The zero-order valence-electron chi connectivity index (χ0n) is 16.9. The van der Waals surface area contributed by atoms with E-state index in [1.807, 2.05) is 38.1 Å². The minimum absolute atomic E-state index is 0.0966. The predicted molar refractivity (Wildman–Crippen MR) is 107 cm³/mol. The van der Waals surface area contributed by atoms with E-state index in [4.69, 9.17) is 9.47 Å². The maximum atomic E-state index is 13.2. The number of rotatable bonds is 5.